The summed E-state index contributed by atoms with van der Waals surface area (Å²) in [5.41, 5.74) is 2.05. The molecule has 5 rings (SSSR count). The number of nitrogens with zero attached hydrogens (tertiary/aromatic N) is 4. The zero-order valence-corrected chi connectivity index (χ0v) is 22.5. The van der Waals surface area contributed by atoms with Crippen LogP contribution in [-0.2, 0) is 10.0 Å². The zero-order valence-electron chi connectivity index (χ0n) is 21.0. The summed E-state index contributed by atoms with van der Waals surface area (Å²) in [5.74, 6) is 0.982. The Hall–Kier alpha value is -2.88. The van der Waals surface area contributed by atoms with Crippen molar-refractivity contribution in [3.63, 3.8) is 0 Å². The SMILES string of the molecule is CC(C)S(=O)(=O)N1CCN(c2cnn(-c3cccc(Cl)c3)c(=O)c2OC[C@H]2C[C@@H]2c2ccccc2)CC1. The molecule has 0 spiro atoms. The normalized spacial score (nSPS) is 20.3. The number of hydrogen-bond acceptors (Lipinski definition) is 6. The third-order valence-corrected chi connectivity index (χ3v) is 9.61. The Morgan fingerprint density at radius 1 is 1.05 bits per heavy atom. The molecule has 1 aromatic heterocycles. The fourth-order valence-electron chi connectivity index (χ4n) is 4.79. The lowest BCUT2D eigenvalue weighted by atomic mass is 10.1. The first kappa shape index (κ1) is 25.8. The van der Waals surface area contributed by atoms with Gasteiger partial charge in [-0.2, -0.15) is 14.1 Å². The third-order valence-electron chi connectivity index (χ3n) is 7.09. The summed E-state index contributed by atoms with van der Waals surface area (Å²) in [6, 6.07) is 17.3. The van der Waals surface area contributed by atoms with Crippen LogP contribution in [0.15, 0.2) is 65.6 Å². The summed E-state index contributed by atoms with van der Waals surface area (Å²) < 4.78 is 34.3. The summed E-state index contributed by atoms with van der Waals surface area (Å²) in [6.45, 7) is 5.37. The van der Waals surface area contributed by atoms with Crippen LogP contribution in [-0.4, -0.2) is 60.5 Å². The Morgan fingerprint density at radius 3 is 2.46 bits per heavy atom. The van der Waals surface area contributed by atoms with Gasteiger partial charge in [0, 0.05) is 37.1 Å². The van der Waals surface area contributed by atoms with Gasteiger partial charge in [-0.3, -0.25) is 4.79 Å². The van der Waals surface area contributed by atoms with Gasteiger partial charge in [-0.05, 0) is 49.9 Å². The summed E-state index contributed by atoms with van der Waals surface area (Å²) in [5, 5.41) is 4.45. The van der Waals surface area contributed by atoms with Crippen molar-refractivity contribution in [2.24, 2.45) is 5.92 Å². The maximum Gasteiger partial charge on any atom is 0.316 e. The van der Waals surface area contributed by atoms with E-state index in [1.54, 1.807) is 44.3 Å². The van der Waals surface area contributed by atoms with E-state index in [0.29, 0.717) is 61.0 Å². The lowest BCUT2D eigenvalue weighted by Gasteiger charge is -2.36. The molecule has 196 valence electrons. The minimum absolute atomic E-state index is 0.230. The molecular weight excluding hydrogens is 512 g/mol. The molecule has 2 aliphatic rings. The van der Waals surface area contributed by atoms with Gasteiger partial charge >= 0.3 is 5.56 Å². The first-order valence-electron chi connectivity index (χ1n) is 12.6. The molecule has 0 bridgehead atoms. The highest BCUT2D eigenvalue weighted by Crippen LogP contribution is 2.47. The topological polar surface area (TPSA) is 84.7 Å². The monoisotopic (exact) mass is 542 g/mol. The maximum atomic E-state index is 13.6. The number of hydrogen-bond donors (Lipinski definition) is 0. The predicted octanol–water partition coefficient (Wildman–Crippen LogP) is 3.93. The van der Waals surface area contributed by atoms with E-state index in [0.717, 1.165) is 6.42 Å². The number of rotatable bonds is 8. The van der Waals surface area contributed by atoms with Crippen LogP contribution in [0.1, 0.15) is 31.7 Å². The molecule has 0 unspecified atom stereocenters. The molecule has 0 radical (unpaired) electrons. The van der Waals surface area contributed by atoms with E-state index in [1.165, 1.54) is 14.6 Å². The molecule has 2 atom stereocenters. The molecule has 3 aromatic rings. The quantitative estimate of drug-likeness (QED) is 0.429. The fourth-order valence-corrected chi connectivity index (χ4v) is 6.25. The predicted molar refractivity (Wildman–Crippen MR) is 145 cm³/mol. The second-order valence-corrected chi connectivity index (χ2v) is 12.8. The molecule has 0 N–H and O–H groups in total. The molecular formula is C27H31ClN4O4S. The number of anilines is 1. The van der Waals surface area contributed by atoms with Crippen LogP contribution in [0.4, 0.5) is 5.69 Å². The molecule has 1 aliphatic heterocycles. The molecule has 0 amide bonds. The fraction of sp³-hybridized carbons (Fsp3) is 0.407. The number of ether oxygens (including phenoxy) is 1. The summed E-state index contributed by atoms with van der Waals surface area (Å²) >= 11 is 6.16. The van der Waals surface area contributed by atoms with Crippen molar-refractivity contribution in [1.29, 1.82) is 0 Å². The first-order valence-corrected chi connectivity index (χ1v) is 14.4. The number of aromatic nitrogens is 2. The lowest BCUT2D eigenvalue weighted by Crippen LogP contribution is -2.50. The van der Waals surface area contributed by atoms with Crippen molar-refractivity contribution in [3.8, 4) is 11.4 Å². The molecule has 2 fully saturated rings. The van der Waals surface area contributed by atoms with Crippen molar-refractivity contribution >= 4 is 27.3 Å². The number of sulfonamides is 1. The average molecular weight is 543 g/mol. The van der Waals surface area contributed by atoms with Crippen LogP contribution < -0.4 is 15.2 Å². The molecule has 10 heteroatoms. The largest absolute Gasteiger partial charge is 0.486 e. The highest BCUT2D eigenvalue weighted by molar-refractivity contribution is 7.89. The van der Waals surface area contributed by atoms with Crippen LogP contribution in [0.25, 0.3) is 5.69 Å². The highest BCUT2D eigenvalue weighted by Gasteiger charge is 2.39. The minimum Gasteiger partial charge on any atom is -0.486 e. The average Bonchev–Trinajstić information content (AvgIpc) is 3.68. The van der Waals surface area contributed by atoms with E-state index in [4.69, 9.17) is 16.3 Å². The van der Waals surface area contributed by atoms with Gasteiger partial charge < -0.3 is 9.64 Å². The van der Waals surface area contributed by atoms with Gasteiger partial charge in [-0.1, -0.05) is 48.0 Å². The molecule has 37 heavy (non-hydrogen) atoms. The van der Waals surface area contributed by atoms with Crippen LogP contribution >= 0.6 is 11.6 Å². The van der Waals surface area contributed by atoms with Gasteiger partial charge in [0.15, 0.2) is 0 Å². The number of piperazine rings is 1. The molecule has 8 nitrogen and oxygen atoms in total. The standard InChI is InChI=1S/C27H31ClN4O4S/c1-19(2)37(34,35)31-13-11-30(12-14-31)25-17-29-32(23-10-6-9-22(28)16-23)27(33)26(25)36-18-21-15-24(21)20-7-4-3-5-8-20/h3-10,16-17,19,21,24H,11-15,18H2,1-2H3/t21-,24-/m1/s1. The van der Waals surface area contributed by atoms with Crippen LogP contribution in [0.5, 0.6) is 5.75 Å². The van der Waals surface area contributed by atoms with E-state index in [-0.39, 0.29) is 11.3 Å². The summed E-state index contributed by atoms with van der Waals surface area (Å²) in [4.78, 5) is 15.6. The Bertz CT molecular complexity index is 1420. The van der Waals surface area contributed by atoms with Crippen LogP contribution in [0.3, 0.4) is 0 Å². The smallest absolute Gasteiger partial charge is 0.316 e. The minimum atomic E-state index is -3.33. The Morgan fingerprint density at radius 2 is 1.78 bits per heavy atom. The van der Waals surface area contributed by atoms with Crippen molar-refractivity contribution in [3.05, 3.63) is 81.7 Å². The van der Waals surface area contributed by atoms with E-state index in [1.807, 2.05) is 23.1 Å². The van der Waals surface area contributed by atoms with Crippen molar-refractivity contribution in [2.45, 2.75) is 31.4 Å². The van der Waals surface area contributed by atoms with Gasteiger partial charge in [0.1, 0.15) is 5.69 Å². The Labute approximate surface area is 222 Å². The lowest BCUT2D eigenvalue weighted by molar-refractivity contribution is 0.289. The van der Waals surface area contributed by atoms with E-state index in [2.05, 4.69) is 17.2 Å². The molecule has 1 aliphatic carbocycles. The van der Waals surface area contributed by atoms with E-state index < -0.39 is 15.3 Å². The Balaban J connectivity index is 1.40. The summed E-state index contributed by atoms with van der Waals surface area (Å²) in [6.07, 6.45) is 2.64. The van der Waals surface area contributed by atoms with Crippen LogP contribution in [0, 0.1) is 5.92 Å². The van der Waals surface area contributed by atoms with Crippen LogP contribution in [0.2, 0.25) is 5.02 Å². The second-order valence-electron chi connectivity index (χ2n) is 9.86. The second kappa shape index (κ2) is 10.5. The molecule has 2 heterocycles. The van der Waals surface area contributed by atoms with Gasteiger partial charge in [0.05, 0.1) is 23.7 Å². The molecule has 2 aromatic carbocycles. The van der Waals surface area contributed by atoms with E-state index >= 15 is 0 Å². The van der Waals surface area contributed by atoms with Gasteiger partial charge in [-0.15, -0.1) is 0 Å². The van der Waals surface area contributed by atoms with Gasteiger partial charge in [0.2, 0.25) is 15.8 Å². The van der Waals surface area contributed by atoms with Crippen molar-refractivity contribution in [1.82, 2.24) is 14.1 Å². The third kappa shape index (κ3) is 5.39. The van der Waals surface area contributed by atoms with Gasteiger partial charge in [-0.25, -0.2) is 8.42 Å². The Kier molecular flexibility index (Phi) is 7.29. The molecule has 1 saturated carbocycles. The first-order chi connectivity index (χ1) is 17.8. The van der Waals surface area contributed by atoms with E-state index in [9.17, 15) is 13.2 Å². The summed E-state index contributed by atoms with van der Waals surface area (Å²) in [7, 11) is -3.33. The number of benzene rings is 2. The highest BCUT2D eigenvalue weighted by atomic mass is 35.5. The van der Waals surface area contributed by atoms with Crippen molar-refractivity contribution < 1.29 is 13.2 Å². The number of halogens is 1. The molecule has 1 saturated heterocycles. The zero-order chi connectivity index (χ0) is 26.2. The maximum absolute atomic E-state index is 13.6. The van der Waals surface area contributed by atoms with Crippen molar-refractivity contribution in [2.75, 3.05) is 37.7 Å². The van der Waals surface area contributed by atoms with Gasteiger partial charge in [0.25, 0.3) is 0 Å².